The monoisotopic (exact) mass is 447 g/mol. The number of benzene rings is 1. The Kier molecular flexibility index (Phi) is 4.86. The van der Waals surface area contributed by atoms with Crippen LogP contribution in [0.2, 0.25) is 0 Å². The van der Waals surface area contributed by atoms with Crippen LogP contribution in [0.4, 0.5) is 5.69 Å². The molecule has 3 amide bonds. The van der Waals surface area contributed by atoms with E-state index in [0.29, 0.717) is 18.2 Å². The molecule has 7 heteroatoms. The Hall–Kier alpha value is -1.73. The Bertz CT molecular complexity index is 855. The molecule has 3 aliphatic heterocycles. The fourth-order valence-corrected chi connectivity index (χ4v) is 5.44. The van der Waals surface area contributed by atoms with Crippen molar-refractivity contribution in [2.75, 3.05) is 11.9 Å². The number of amides is 3. The summed E-state index contributed by atoms with van der Waals surface area (Å²) in [5.41, 5.74) is 0.278. The molecular weight excluding hydrogens is 422 g/mol. The van der Waals surface area contributed by atoms with Crippen molar-refractivity contribution in [3.05, 3.63) is 28.2 Å². The lowest BCUT2D eigenvalue weighted by Crippen LogP contribution is -2.53. The average molecular weight is 448 g/mol. The third-order valence-electron chi connectivity index (χ3n) is 6.23. The van der Waals surface area contributed by atoms with Gasteiger partial charge in [0.25, 0.3) is 0 Å². The van der Waals surface area contributed by atoms with Crippen LogP contribution in [-0.4, -0.2) is 35.2 Å². The van der Waals surface area contributed by atoms with Gasteiger partial charge in [-0.05, 0) is 37.0 Å². The highest BCUT2D eigenvalue weighted by Crippen LogP contribution is 2.54. The fourth-order valence-electron chi connectivity index (χ4n) is 5.08. The summed E-state index contributed by atoms with van der Waals surface area (Å²) in [7, 11) is 0. The van der Waals surface area contributed by atoms with Crippen molar-refractivity contribution in [1.29, 1.82) is 0 Å². The molecule has 6 nitrogen and oxygen atoms in total. The van der Waals surface area contributed by atoms with Gasteiger partial charge in [0.1, 0.15) is 5.54 Å². The van der Waals surface area contributed by atoms with E-state index in [-0.39, 0.29) is 23.8 Å². The molecule has 4 rings (SSSR count). The van der Waals surface area contributed by atoms with Gasteiger partial charge in [0, 0.05) is 28.3 Å². The number of hydrogen-bond acceptors (Lipinski definition) is 4. The lowest BCUT2D eigenvalue weighted by molar-refractivity contribution is -0.142. The van der Waals surface area contributed by atoms with E-state index in [1.54, 1.807) is 0 Å². The molecule has 4 atom stereocenters. The summed E-state index contributed by atoms with van der Waals surface area (Å²) in [5.74, 6) is -1.44. The maximum atomic E-state index is 13.4. The van der Waals surface area contributed by atoms with Crippen molar-refractivity contribution in [2.45, 2.75) is 51.6 Å². The van der Waals surface area contributed by atoms with Crippen molar-refractivity contribution in [3.8, 4) is 0 Å². The molecule has 0 radical (unpaired) electrons. The molecule has 2 unspecified atom stereocenters. The number of unbranched alkanes of at least 4 members (excludes halogenated alkanes) is 1. The molecule has 2 saturated heterocycles. The van der Waals surface area contributed by atoms with E-state index in [2.05, 4.69) is 40.4 Å². The lowest BCUT2D eigenvalue weighted by atomic mass is 9.76. The molecule has 0 saturated carbocycles. The van der Waals surface area contributed by atoms with Crippen LogP contribution in [0.5, 0.6) is 0 Å². The smallest absolute Gasteiger partial charge is 0.250 e. The number of likely N-dealkylation sites (tertiary alicyclic amines) is 1. The van der Waals surface area contributed by atoms with Crippen LogP contribution in [-0.2, 0) is 19.9 Å². The van der Waals surface area contributed by atoms with Crippen LogP contribution in [0.25, 0.3) is 0 Å². The molecule has 1 aromatic carbocycles. The zero-order valence-corrected chi connectivity index (χ0v) is 18.0. The third kappa shape index (κ3) is 2.66. The highest BCUT2D eigenvalue weighted by Gasteiger charge is 2.70. The Labute approximate surface area is 173 Å². The normalized spacial score (nSPS) is 31.1. The first kappa shape index (κ1) is 19.6. The van der Waals surface area contributed by atoms with E-state index in [9.17, 15) is 14.4 Å². The van der Waals surface area contributed by atoms with Gasteiger partial charge in [0.05, 0.1) is 11.8 Å². The van der Waals surface area contributed by atoms with Crippen LogP contribution < -0.4 is 10.6 Å². The highest BCUT2D eigenvalue weighted by molar-refractivity contribution is 9.10. The van der Waals surface area contributed by atoms with Crippen LogP contribution in [0.3, 0.4) is 0 Å². The second-order valence-electron chi connectivity index (χ2n) is 8.52. The largest absolute Gasteiger partial charge is 0.324 e. The van der Waals surface area contributed by atoms with Crippen molar-refractivity contribution < 1.29 is 14.4 Å². The second-order valence-corrected chi connectivity index (χ2v) is 9.43. The number of nitrogens with zero attached hydrogens (tertiary/aromatic N) is 1. The number of anilines is 1. The zero-order chi connectivity index (χ0) is 20.2. The van der Waals surface area contributed by atoms with Gasteiger partial charge in [-0.3, -0.25) is 24.6 Å². The third-order valence-corrected chi connectivity index (χ3v) is 6.72. The van der Waals surface area contributed by atoms with E-state index in [1.165, 1.54) is 4.90 Å². The van der Waals surface area contributed by atoms with Gasteiger partial charge in [-0.2, -0.15) is 0 Å². The van der Waals surface area contributed by atoms with E-state index < -0.39 is 17.4 Å². The lowest BCUT2D eigenvalue weighted by Gasteiger charge is -2.30. The maximum Gasteiger partial charge on any atom is 0.250 e. The molecule has 3 heterocycles. The SMILES string of the molecule is CCCCN1C(=O)[C@H]2C(CC(C)C)NC3(C(=O)Nc4ccc(Br)cc43)[C@H]2C1=O. The van der Waals surface area contributed by atoms with E-state index in [0.717, 1.165) is 29.3 Å². The molecule has 0 aliphatic carbocycles. The molecule has 1 aromatic rings. The van der Waals surface area contributed by atoms with Gasteiger partial charge in [-0.1, -0.05) is 43.1 Å². The number of carbonyl (C=O) groups excluding carboxylic acids is 3. The van der Waals surface area contributed by atoms with Crippen LogP contribution in [0.1, 0.15) is 45.6 Å². The summed E-state index contributed by atoms with van der Waals surface area (Å²) in [6.07, 6.45) is 2.42. The Morgan fingerprint density at radius 2 is 1.96 bits per heavy atom. The Morgan fingerprint density at radius 3 is 2.64 bits per heavy atom. The van der Waals surface area contributed by atoms with Crippen molar-refractivity contribution >= 4 is 39.3 Å². The summed E-state index contributed by atoms with van der Waals surface area (Å²) in [5, 5.41) is 6.40. The number of fused-ring (bicyclic) bond motifs is 4. The van der Waals surface area contributed by atoms with E-state index >= 15 is 0 Å². The minimum Gasteiger partial charge on any atom is -0.324 e. The summed E-state index contributed by atoms with van der Waals surface area (Å²) in [6.45, 7) is 6.65. The summed E-state index contributed by atoms with van der Waals surface area (Å²) < 4.78 is 0.840. The molecule has 2 fully saturated rings. The maximum absolute atomic E-state index is 13.4. The Balaban J connectivity index is 1.84. The first-order chi connectivity index (χ1) is 13.3. The quantitative estimate of drug-likeness (QED) is 0.679. The molecule has 2 N–H and O–H groups in total. The van der Waals surface area contributed by atoms with Gasteiger partial charge >= 0.3 is 0 Å². The van der Waals surface area contributed by atoms with Gasteiger partial charge in [0.15, 0.2) is 0 Å². The highest BCUT2D eigenvalue weighted by atomic mass is 79.9. The van der Waals surface area contributed by atoms with Crippen molar-refractivity contribution in [2.24, 2.45) is 17.8 Å². The average Bonchev–Trinajstić information content (AvgIpc) is 3.19. The topological polar surface area (TPSA) is 78.5 Å². The Morgan fingerprint density at radius 1 is 1.21 bits per heavy atom. The van der Waals surface area contributed by atoms with Crippen molar-refractivity contribution in [1.82, 2.24) is 10.2 Å². The minimum atomic E-state index is -1.18. The number of hydrogen-bond donors (Lipinski definition) is 2. The molecule has 1 spiro atoms. The van der Waals surface area contributed by atoms with Crippen LogP contribution in [0, 0.1) is 17.8 Å². The van der Waals surface area contributed by atoms with Gasteiger partial charge < -0.3 is 5.32 Å². The zero-order valence-electron chi connectivity index (χ0n) is 16.4. The van der Waals surface area contributed by atoms with E-state index in [4.69, 9.17) is 0 Å². The van der Waals surface area contributed by atoms with Crippen LogP contribution >= 0.6 is 15.9 Å². The number of rotatable bonds is 5. The summed E-state index contributed by atoms with van der Waals surface area (Å²) >= 11 is 3.49. The summed E-state index contributed by atoms with van der Waals surface area (Å²) in [6, 6.07) is 5.39. The number of nitrogens with one attached hydrogen (secondary N) is 2. The van der Waals surface area contributed by atoms with Crippen molar-refractivity contribution in [3.63, 3.8) is 0 Å². The predicted molar refractivity (Wildman–Crippen MR) is 109 cm³/mol. The van der Waals surface area contributed by atoms with Gasteiger partial charge in [0.2, 0.25) is 17.7 Å². The van der Waals surface area contributed by atoms with Crippen LogP contribution in [0.15, 0.2) is 22.7 Å². The molecule has 0 bridgehead atoms. The molecule has 3 aliphatic rings. The molecule has 0 aromatic heterocycles. The fraction of sp³-hybridized carbons (Fsp3) is 0.571. The second kappa shape index (κ2) is 6.95. The number of imide groups is 1. The minimum absolute atomic E-state index is 0.130. The number of halogens is 1. The summed E-state index contributed by atoms with van der Waals surface area (Å²) in [4.78, 5) is 41.3. The van der Waals surface area contributed by atoms with Gasteiger partial charge in [-0.15, -0.1) is 0 Å². The number of carbonyl (C=O) groups is 3. The molecule has 28 heavy (non-hydrogen) atoms. The first-order valence-corrected chi connectivity index (χ1v) is 10.8. The standard InChI is InChI=1S/C21H26BrN3O3/c1-4-5-8-25-18(26)16-15(9-11(2)3)24-21(17(16)19(25)27)13-10-12(22)6-7-14(13)23-20(21)28/h6-7,10-11,15-17,24H,4-5,8-9H2,1-3H3,(H,23,28)/t15?,16-,17+,21?/m0/s1. The van der Waals surface area contributed by atoms with Gasteiger partial charge in [-0.25, -0.2) is 0 Å². The molecule has 150 valence electrons. The predicted octanol–water partition coefficient (Wildman–Crippen LogP) is 3.02. The molecular formula is C21H26BrN3O3. The van der Waals surface area contributed by atoms with E-state index in [1.807, 2.05) is 25.1 Å². The first-order valence-electron chi connectivity index (χ1n) is 10.1.